The molecule has 0 saturated carbocycles. The highest BCUT2D eigenvalue weighted by Gasteiger charge is 2.10. The number of fused-ring (bicyclic) bond motifs is 1. The average molecular weight is 516 g/mol. The van der Waals surface area contributed by atoms with E-state index in [0.29, 0.717) is 24.6 Å². The van der Waals surface area contributed by atoms with E-state index in [9.17, 15) is 9.18 Å². The Morgan fingerprint density at radius 1 is 0.921 bits per heavy atom. The van der Waals surface area contributed by atoms with Crippen molar-refractivity contribution in [3.63, 3.8) is 0 Å². The second-order valence-electron chi connectivity index (χ2n) is 10.0. The minimum Gasteiger partial charge on any atom is -0.494 e. The van der Waals surface area contributed by atoms with Crippen LogP contribution in [0.3, 0.4) is 0 Å². The second-order valence-corrected chi connectivity index (χ2v) is 10.0. The smallest absolute Gasteiger partial charge is 0.251 e. The molecule has 0 unspecified atom stereocenters. The Hall–Kier alpha value is -3.67. The number of benzene rings is 3. The number of aromatic nitrogens is 2. The summed E-state index contributed by atoms with van der Waals surface area (Å²) < 4.78 is 21.3. The number of nitrogens with one attached hydrogen (secondary N) is 1. The summed E-state index contributed by atoms with van der Waals surface area (Å²) in [4.78, 5) is 17.1. The van der Waals surface area contributed by atoms with Crippen molar-refractivity contribution < 1.29 is 13.9 Å². The van der Waals surface area contributed by atoms with Gasteiger partial charge in [0.15, 0.2) is 0 Å². The van der Waals surface area contributed by atoms with Crippen molar-refractivity contribution in [2.24, 2.45) is 0 Å². The van der Waals surface area contributed by atoms with Gasteiger partial charge < -0.3 is 14.6 Å². The summed E-state index contributed by atoms with van der Waals surface area (Å²) in [6.45, 7) is 6.61. The lowest BCUT2D eigenvalue weighted by molar-refractivity contribution is 0.0953. The Kier molecular flexibility index (Phi) is 9.90. The van der Waals surface area contributed by atoms with Crippen molar-refractivity contribution in [3.05, 3.63) is 95.6 Å². The van der Waals surface area contributed by atoms with Crippen LogP contribution in [0.15, 0.2) is 72.8 Å². The fraction of sp³-hybridized carbons (Fsp3) is 0.375. The van der Waals surface area contributed by atoms with Crippen molar-refractivity contribution >= 4 is 16.9 Å². The quantitative estimate of drug-likeness (QED) is 0.179. The van der Waals surface area contributed by atoms with Crippen molar-refractivity contribution in [2.45, 2.75) is 64.8 Å². The highest BCUT2D eigenvalue weighted by atomic mass is 19.1. The van der Waals surface area contributed by atoms with E-state index in [4.69, 9.17) is 9.72 Å². The number of imidazole rings is 1. The molecule has 1 aromatic heterocycles. The van der Waals surface area contributed by atoms with E-state index in [0.717, 1.165) is 62.2 Å². The van der Waals surface area contributed by atoms with E-state index in [1.54, 1.807) is 0 Å². The van der Waals surface area contributed by atoms with E-state index in [1.807, 2.05) is 6.07 Å². The number of hydrogen-bond acceptors (Lipinski definition) is 3. The van der Waals surface area contributed by atoms with Crippen LogP contribution in [0.4, 0.5) is 4.39 Å². The van der Waals surface area contributed by atoms with E-state index in [1.165, 1.54) is 35.3 Å². The highest BCUT2D eigenvalue weighted by Crippen LogP contribution is 2.20. The lowest BCUT2D eigenvalue weighted by atomic mass is 10.0. The van der Waals surface area contributed by atoms with Gasteiger partial charge >= 0.3 is 0 Å². The van der Waals surface area contributed by atoms with Crippen LogP contribution < -0.4 is 10.1 Å². The molecule has 0 atom stereocenters. The Balaban J connectivity index is 1.20. The fourth-order valence-electron chi connectivity index (χ4n) is 4.57. The first-order chi connectivity index (χ1) is 18.5. The van der Waals surface area contributed by atoms with Gasteiger partial charge in [0.05, 0.1) is 17.6 Å². The summed E-state index contributed by atoms with van der Waals surface area (Å²) in [6.07, 6.45) is 5.79. The molecule has 0 bridgehead atoms. The van der Waals surface area contributed by atoms with Gasteiger partial charge in [-0.15, -0.1) is 0 Å². The standard InChI is InChI=1S/C32H38FN3O2/c1-24(2)25-15-19-28(20-16-25)38-23-9-8-22-36-30-11-6-5-10-29(30)35-31(36)12-4-3-7-21-34-32(37)26-13-17-27(33)18-14-26/h5-6,10-11,13-20,24H,3-4,7-9,12,21-23H2,1-2H3,(H,34,37). The predicted octanol–water partition coefficient (Wildman–Crippen LogP) is 7.30. The fourth-order valence-corrected chi connectivity index (χ4v) is 4.57. The number of carbonyl (C=O) groups is 1. The van der Waals surface area contributed by atoms with Gasteiger partial charge in [-0.05, 0) is 85.7 Å². The molecule has 4 rings (SSSR count). The number of unbranched alkanes of at least 4 members (excludes halogenated alkanes) is 3. The highest BCUT2D eigenvalue weighted by molar-refractivity contribution is 5.94. The zero-order chi connectivity index (χ0) is 26.7. The molecular formula is C32H38FN3O2. The van der Waals surface area contributed by atoms with Crippen LogP contribution in [0.2, 0.25) is 0 Å². The molecule has 0 aliphatic carbocycles. The van der Waals surface area contributed by atoms with Crippen molar-refractivity contribution in [1.29, 1.82) is 0 Å². The third-order valence-electron chi connectivity index (χ3n) is 6.79. The first kappa shape index (κ1) is 27.4. The lowest BCUT2D eigenvalue weighted by Crippen LogP contribution is -2.24. The Morgan fingerprint density at radius 3 is 2.45 bits per heavy atom. The molecule has 0 aliphatic rings. The van der Waals surface area contributed by atoms with Crippen molar-refractivity contribution in [1.82, 2.24) is 14.9 Å². The maximum Gasteiger partial charge on any atom is 0.251 e. The molecule has 200 valence electrons. The van der Waals surface area contributed by atoms with E-state index >= 15 is 0 Å². The molecule has 1 heterocycles. The van der Waals surface area contributed by atoms with Gasteiger partial charge in [0.1, 0.15) is 17.4 Å². The molecule has 3 aromatic carbocycles. The topological polar surface area (TPSA) is 56.1 Å². The monoisotopic (exact) mass is 515 g/mol. The maximum atomic E-state index is 13.0. The number of amides is 1. The van der Waals surface area contributed by atoms with Gasteiger partial charge in [0.2, 0.25) is 0 Å². The molecule has 0 aliphatic heterocycles. The molecule has 0 radical (unpaired) electrons. The molecule has 1 N–H and O–H groups in total. The van der Waals surface area contributed by atoms with Gasteiger partial charge in [-0.1, -0.05) is 44.5 Å². The maximum absolute atomic E-state index is 13.0. The van der Waals surface area contributed by atoms with Gasteiger partial charge in [-0.25, -0.2) is 9.37 Å². The summed E-state index contributed by atoms with van der Waals surface area (Å²) in [5.74, 6) is 2.07. The number of ether oxygens (including phenoxy) is 1. The number of carbonyl (C=O) groups excluding carboxylic acids is 1. The Labute approximate surface area is 225 Å². The zero-order valence-corrected chi connectivity index (χ0v) is 22.5. The minimum atomic E-state index is -0.340. The number of hydrogen-bond donors (Lipinski definition) is 1. The average Bonchev–Trinajstić information content (AvgIpc) is 3.28. The summed E-state index contributed by atoms with van der Waals surface area (Å²) in [5, 5.41) is 2.92. The summed E-state index contributed by atoms with van der Waals surface area (Å²) >= 11 is 0. The third kappa shape index (κ3) is 7.67. The van der Waals surface area contributed by atoms with Crippen LogP contribution in [-0.4, -0.2) is 28.6 Å². The second kappa shape index (κ2) is 13.8. The first-order valence-corrected chi connectivity index (χ1v) is 13.7. The minimum absolute atomic E-state index is 0.164. The van der Waals surface area contributed by atoms with Gasteiger partial charge in [0, 0.05) is 25.1 Å². The predicted molar refractivity (Wildman–Crippen MR) is 151 cm³/mol. The SMILES string of the molecule is CC(C)c1ccc(OCCCCn2c(CCCCCNC(=O)c3ccc(F)cc3)nc3ccccc32)cc1. The molecule has 5 nitrogen and oxygen atoms in total. The molecule has 6 heteroatoms. The van der Waals surface area contributed by atoms with Crippen LogP contribution >= 0.6 is 0 Å². The number of para-hydroxylation sites is 2. The zero-order valence-electron chi connectivity index (χ0n) is 22.5. The van der Waals surface area contributed by atoms with E-state index in [-0.39, 0.29) is 11.7 Å². The number of halogens is 1. The molecule has 0 spiro atoms. The van der Waals surface area contributed by atoms with Gasteiger partial charge in [-0.3, -0.25) is 4.79 Å². The van der Waals surface area contributed by atoms with Gasteiger partial charge in [0.25, 0.3) is 5.91 Å². The molecule has 0 saturated heterocycles. The summed E-state index contributed by atoms with van der Waals surface area (Å²) in [5.41, 5.74) is 4.02. The van der Waals surface area contributed by atoms with Crippen LogP contribution in [-0.2, 0) is 13.0 Å². The molecule has 38 heavy (non-hydrogen) atoms. The summed E-state index contributed by atoms with van der Waals surface area (Å²) in [6, 6.07) is 22.3. The number of rotatable bonds is 14. The molecular weight excluding hydrogens is 477 g/mol. The Morgan fingerprint density at radius 2 is 1.68 bits per heavy atom. The van der Waals surface area contributed by atoms with E-state index in [2.05, 4.69) is 66.2 Å². The lowest BCUT2D eigenvalue weighted by Gasteiger charge is -2.11. The number of nitrogens with zero attached hydrogens (tertiary/aromatic N) is 2. The Bertz CT molecular complexity index is 1300. The van der Waals surface area contributed by atoms with Crippen LogP contribution in [0, 0.1) is 5.82 Å². The largest absolute Gasteiger partial charge is 0.494 e. The first-order valence-electron chi connectivity index (χ1n) is 13.7. The van der Waals surface area contributed by atoms with Crippen molar-refractivity contribution in [2.75, 3.05) is 13.2 Å². The third-order valence-corrected chi connectivity index (χ3v) is 6.79. The molecule has 0 fully saturated rings. The number of aryl methyl sites for hydroxylation is 2. The molecule has 4 aromatic rings. The molecule has 1 amide bonds. The van der Waals surface area contributed by atoms with Crippen LogP contribution in [0.1, 0.15) is 73.6 Å². The van der Waals surface area contributed by atoms with Gasteiger partial charge in [-0.2, -0.15) is 0 Å². The normalized spacial score (nSPS) is 11.3. The van der Waals surface area contributed by atoms with Crippen LogP contribution in [0.5, 0.6) is 5.75 Å². The van der Waals surface area contributed by atoms with Crippen LogP contribution in [0.25, 0.3) is 11.0 Å². The van der Waals surface area contributed by atoms with Crippen molar-refractivity contribution in [3.8, 4) is 5.75 Å². The van der Waals surface area contributed by atoms with E-state index < -0.39 is 0 Å². The summed E-state index contributed by atoms with van der Waals surface area (Å²) in [7, 11) is 0.